The molecule has 0 fully saturated rings. The van der Waals surface area contributed by atoms with E-state index in [1.165, 1.54) is 5.57 Å². The highest BCUT2D eigenvalue weighted by atomic mass is 16.5. The van der Waals surface area contributed by atoms with E-state index in [0.717, 1.165) is 18.4 Å². The average molecular weight is 558 g/mol. The van der Waals surface area contributed by atoms with Crippen LogP contribution < -0.4 is 16.0 Å². The summed E-state index contributed by atoms with van der Waals surface area (Å²) in [6.45, 7) is 18.2. The number of hydrogen-bond acceptors (Lipinski definition) is 5. The average Bonchev–Trinajstić information content (AvgIpc) is 2.86. The number of hydrogen-bond donors (Lipinski definition) is 3. The number of nitrogens with one attached hydrogen (secondary N) is 3. The summed E-state index contributed by atoms with van der Waals surface area (Å²) in [4.78, 5) is 49.4. The summed E-state index contributed by atoms with van der Waals surface area (Å²) in [5.41, 5.74) is 2.84. The predicted molar refractivity (Wildman–Crippen MR) is 160 cm³/mol. The minimum Gasteiger partial charge on any atom is -0.461 e. The van der Waals surface area contributed by atoms with Crippen LogP contribution >= 0.6 is 0 Å². The van der Waals surface area contributed by atoms with E-state index in [1.807, 2.05) is 20.8 Å². The van der Waals surface area contributed by atoms with Crippen LogP contribution in [0.1, 0.15) is 93.6 Å². The molecule has 3 amide bonds. The van der Waals surface area contributed by atoms with E-state index < -0.39 is 11.9 Å². The maximum Gasteiger partial charge on any atom is 0.308 e. The van der Waals surface area contributed by atoms with Gasteiger partial charge >= 0.3 is 5.97 Å². The first-order valence-corrected chi connectivity index (χ1v) is 14.4. The van der Waals surface area contributed by atoms with Gasteiger partial charge in [0.15, 0.2) is 0 Å². The lowest BCUT2D eigenvalue weighted by atomic mass is 9.86. The topological polar surface area (TPSA) is 114 Å². The molecule has 3 N–H and O–H groups in total. The molecule has 1 aromatic rings. The van der Waals surface area contributed by atoms with Crippen LogP contribution in [0.3, 0.4) is 0 Å². The number of allylic oxidation sites excluding steroid dienone is 2. The van der Waals surface area contributed by atoms with Crippen molar-refractivity contribution in [2.45, 2.75) is 101 Å². The lowest BCUT2D eigenvalue weighted by Crippen LogP contribution is -2.51. The van der Waals surface area contributed by atoms with Crippen molar-refractivity contribution in [1.29, 1.82) is 0 Å². The van der Waals surface area contributed by atoms with Gasteiger partial charge in [-0.15, -0.1) is 0 Å². The third-order valence-electron chi connectivity index (χ3n) is 6.44. The molecule has 2 atom stereocenters. The largest absolute Gasteiger partial charge is 0.461 e. The molecule has 0 aliphatic rings. The van der Waals surface area contributed by atoms with Gasteiger partial charge in [0.2, 0.25) is 17.7 Å². The van der Waals surface area contributed by atoms with Gasteiger partial charge in [-0.3, -0.25) is 19.2 Å². The van der Waals surface area contributed by atoms with Crippen LogP contribution in [0, 0.1) is 23.2 Å². The Morgan fingerprint density at radius 3 is 2.10 bits per heavy atom. The highest BCUT2D eigenvalue weighted by Crippen LogP contribution is 2.25. The van der Waals surface area contributed by atoms with Crippen LogP contribution in [0.25, 0.3) is 0 Å². The van der Waals surface area contributed by atoms with Gasteiger partial charge in [0, 0.05) is 12.1 Å². The second-order valence-electron chi connectivity index (χ2n) is 12.6. The Bertz CT molecular complexity index is 1010. The molecule has 1 aromatic carbocycles. The highest BCUT2D eigenvalue weighted by Gasteiger charge is 2.24. The van der Waals surface area contributed by atoms with Crippen molar-refractivity contribution < 1.29 is 23.9 Å². The number of rotatable bonds is 15. The predicted octanol–water partition coefficient (Wildman–Crippen LogP) is 5.77. The van der Waals surface area contributed by atoms with Gasteiger partial charge in [-0.25, -0.2) is 0 Å². The summed E-state index contributed by atoms with van der Waals surface area (Å²) < 4.78 is 5.20. The molecule has 0 radical (unpaired) electrons. The van der Waals surface area contributed by atoms with E-state index >= 15 is 0 Å². The molecule has 0 saturated heterocycles. The van der Waals surface area contributed by atoms with E-state index in [1.54, 1.807) is 38.1 Å². The normalized spacial score (nSPS) is 13.5. The fourth-order valence-corrected chi connectivity index (χ4v) is 3.89. The van der Waals surface area contributed by atoms with Gasteiger partial charge in [-0.1, -0.05) is 79.2 Å². The molecule has 8 nitrogen and oxygen atoms in total. The van der Waals surface area contributed by atoms with Crippen LogP contribution in [0.4, 0.5) is 5.69 Å². The smallest absolute Gasteiger partial charge is 0.308 e. The van der Waals surface area contributed by atoms with Crippen molar-refractivity contribution in [3.05, 3.63) is 41.5 Å². The molecule has 1 rings (SSSR count). The van der Waals surface area contributed by atoms with E-state index in [-0.39, 0.29) is 42.8 Å². The number of benzene rings is 1. The van der Waals surface area contributed by atoms with Gasteiger partial charge in [0.05, 0.1) is 12.5 Å². The number of anilines is 1. The van der Waals surface area contributed by atoms with Gasteiger partial charge in [0.1, 0.15) is 12.6 Å². The summed E-state index contributed by atoms with van der Waals surface area (Å²) >= 11 is 0. The van der Waals surface area contributed by atoms with Crippen LogP contribution in [0.5, 0.6) is 0 Å². The molecule has 224 valence electrons. The molecular formula is C32H51N3O5. The molecule has 0 bridgehead atoms. The van der Waals surface area contributed by atoms with Crippen molar-refractivity contribution in [3.63, 3.8) is 0 Å². The van der Waals surface area contributed by atoms with Gasteiger partial charge in [0.25, 0.3) is 0 Å². The van der Waals surface area contributed by atoms with Gasteiger partial charge < -0.3 is 20.7 Å². The summed E-state index contributed by atoms with van der Waals surface area (Å²) in [5.74, 6) is -1.12. The molecule has 0 aliphatic heterocycles. The maximum absolute atomic E-state index is 12.8. The minimum atomic E-state index is -0.733. The molecule has 0 aliphatic carbocycles. The zero-order chi connectivity index (χ0) is 30.5. The Balaban J connectivity index is 2.51. The Hall–Kier alpha value is -3.16. The van der Waals surface area contributed by atoms with Crippen LogP contribution in [0.15, 0.2) is 35.9 Å². The van der Waals surface area contributed by atoms with Crippen LogP contribution in [-0.4, -0.2) is 36.3 Å². The second-order valence-corrected chi connectivity index (χ2v) is 12.6. The SMILES string of the molecule is C/C(=C\C(C)CCC(C)(C)C)CCC(=O)NC(C(=O)NCC(=O)Nc1ccc(COC(=O)C(C)C)cc1)C(C)C. The van der Waals surface area contributed by atoms with Crippen LogP contribution in [-0.2, 0) is 30.5 Å². The molecule has 0 heterocycles. The molecular weight excluding hydrogens is 506 g/mol. The van der Waals surface area contributed by atoms with E-state index in [0.29, 0.717) is 29.9 Å². The van der Waals surface area contributed by atoms with Crippen molar-refractivity contribution in [3.8, 4) is 0 Å². The highest BCUT2D eigenvalue weighted by molar-refractivity contribution is 5.96. The number of amides is 3. The molecule has 0 aromatic heterocycles. The first-order chi connectivity index (χ1) is 18.6. The fourth-order valence-electron chi connectivity index (χ4n) is 3.89. The molecule has 8 heteroatoms. The summed E-state index contributed by atoms with van der Waals surface area (Å²) in [6, 6.07) is 6.20. The Morgan fingerprint density at radius 2 is 1.55 bits per heavy atom. The summed E-state index contributed by atoms with van der Waals surface area (Å²) in [6.07, 6.45) is 5.43. The number of esters is 1. The van der Waals surface area contributed by atoms with Crippen molar-refractivity contribution in [2.24, 2.45) is 23.2 Å². The third-order valence-corrected chi connectivity index (χ3v) is 6.44. The standard InChI is InChI=1S/C32H51N3O5/c1-21(2)29(35-27(36)15-10-23(5)18-24(6)16-17-32(7,8)9)30(38)33-19-28(37)34-26-13-11-25(12-14-26)20-40-31(39)22(3)4/h11-14,18,21-22,24,29H,10,15-17,19-20H2,1-9H3,(H,33,38)(H,34,37)(H,35,36)/b23-18+. The second kappa shape index (κ2) is 16.8. The third kappa shape index (κ3) is 14.8. The lowest BCUT2D eigenvalue weighted by molar-refractivity contribution is -0.148. The number of ether oxygens (including phenoxy) is 1. The summed E-state index contributed by atoms with van der Waals surface area (Å²) in [7, 11) is 0. The Labute approximate surface area is 241 Å². The lowest BCUT2D eigenvalue weighted by Gasteiger charge is -2.22. The first-order valence-electron chi connectivity index (χ1n) is 14.4. The Kier molecular flexibility index (Phi) is 14.7. The zero-order valence-electron chi connectivity index (χ0n) is 26.0. The monoisotopic (exact) mass is 557 g/mol. The molecule has 0 spiro atoms. The number of carbonyl (C=O) groups is 4. The first kappa shape index (κ1) is 34.9. The number of carbonyl (C=O) groups excluding carboxylic acids is 4. The molecule has 2 unspecified atom stereocenters. The zero-order valence-corrected chi connectivity index (χ0v) is 26.0. The van der Waals surface area contributed by atoms with Crippen LogP contribution in [0.2, 0.25) is 0 Å². The fraction of sp³-hybridized carbons (Fsp3) is 0.625. The quantitative estimate of drug-likeness (QED) is 0.187. The van der Waals surface area contributed by atoms with Crippen molar-refractivity contribution >= 4 is 29.4 Å². The molecule has 40 heavy (non-hydrogen) atoms. The van der Waals surface area contributed by atoms with Gasteiger partial charge in [-0.2, -0.15) is 0 Å². The molecule has 0 saturated carbocycles. The maximum atomic E-state index is 12.8. The van der Waals surface area contributed by atoms with E-state index in [9.17, 15) is 19.2 Å². The minimum absolute atomic E-state index is 0.140. The Morgan fingerprint density at radius 1 is 0.925 bits per heavy atom. The van der Waals surface area contributed by atoms with Gasteiger partial charge in [-0.05, 0) is 61.1 Å². The van der Waals surface area contributed by atoms with Crippen molar-refractivity contribution in [1.82, 2.24) is 10.6 Å². The van der Waals surface area contributed by atoms with E-state index in [2.05, 4.69) is 49.7 Å². The van der Waals surface area contributed by atoms with Crippen molar-refractivity contribution in [2.75, 3.05) is 11.9 Å². The summed E-state index contributed by atoms with van der Waals surface area (Å²) in [5, 5.41) is 8.18. The van der Waals surface area contributed by atoms with E-state index in [4.69, 9.17) is 4.74 Å².